The molecular formula is C19H17FN6O3S2. The molecule has 160 valence electrons. The van der Waals surface area contributed by atoms with Crippen LogP contribution in [0.25, 0.3) is 10.2 Å². The monoisotopic (exact) mass is 460 g/mol. The van der Waals surface area contributed by atoms with E-state index in [1.807, 2.05) is 12.1 Å². The number of aromatic nitrogens is 4. The van der Waals surface area contributed by atoms with Crippen molar-refractivity contribution >= 4 is 44.4 Å². The molecule has 0 bridgehead atoms. The Hall–Kier alpha value is -3.38. The van der Waals surface area contributed by atoms with Crippen LogP contribution in [0.1, 0.15) is 5.82 Å². The number of methoxy groups -OCH3 is 1. The lowest BCUT2D eigenvalue weighted by Crippen LogP contribution is -2.18. The maximum absolute atomic E-state index is 13.3. The summed E-state index contributed by atoms with van der Waals surface area (Å²) in [5, 5.41) is 11.5. The van der Waals surface area contributed by atoms with Gasteiger partial charge in [-0.3, -0.25) is 4.79 Å². The molecule has 2 aromatic carbocycles. The molecule has 2 aromatic heterocycles. The molecule has 0 spiro atoms. The Bertz CT molecular complexity index is 1230. The molecule has 0 unspecified atom stereocenters. The number of benzene rings is 2. The number of fused-ring (bicyclic) bond motifs is 1. The number of nitrogen functional groups attached to an aromatic ring is 1. The molecule has 9 nitrogen and oxygen atoms in total. The van der Waals surface area contributed by atoms with E-state index in [4.69, 9.17) is 15.3 Å². The summed E-state index contributed by atoms with van der Waals surface area (Å²) in [6, 6.07) is 11.4. The molecule has 2 heterocycles. The van der Waals surface area contributed by atoms with Crippen molar-refractivity contribution in [2.45, 2.75) is 11.8 Å². The van der Waals surface area contributed by atoms with Gasteiger partial charge in [0, 0.05) is 6.07 Å². The molecule has 1 amide bonds. The molecule has 4 rings (SSSR count). The van der Waals surface area contributed by atoms with Crippen molar-refractivity contribution in [1.82, 2.24) is 19.9 Å². The average Bonchev–Trinajstić information content (AvgIpc) is 3.32. The number of nitrogens with two attached hydrogens (primary N) is 1. The number of ether oxygens (including phenoxy) is 2. The Labute approximate surface area is 184 Å². The number of hydrogen-bond donors (Lipinski definition) is 2. The third-order valence-corrected chi connectivity index (χ3v) is 5.95. The van der Waals surface area contributed by atoms with Crippen LogP contribution in [0.15, 0.2) is 47.6 Å². The van der Waals surface area contributed by atoms with Gasteiger partial charge in [-0.25, -0.2) is 14.1 Å². The van der Waals surface area contributed by atoms with Gasteiger partial charge in [-0.1, -0.05) is 29.2 Å². The van der Waals surface area contributed by atoms with E-state index in [0.717, 1.165) is 11.8 Å². The zero-order valence-corrected chi connectivity index (χ0v) is 17.9. The predicted octanol–water partition coefficient (Wildman–Crippen LogP) is 3.06. The summed E-state index contributed by atoms with van der Waals surface area (Å²) in [5.41, 5.74) is 0.622. The summed E-state index contributed by atoms with van der Waals surface area (Å²) in [6.07, 6.45) is 0. The van der Waals surface area contributed by atoms with Crippen LogP contribution in [0.4, 0.5) is 9.52 Å². The summed E-state index contributed by atoms with van der Waals surface area (Å²) in [4.78, 5) is 16.5. The van der Waals surface area contributed by atoms with Gasteiger partial charge in [-0.2, -0.15) is 0 Å². The highest BCUT2D eigenvalue weighted by Crippen LogP contribution is 2.27. The molecule has 0 aliphatic heterocycles. The first-order chi connectivity index (χ1) is 15.0. The maximum Gasteiger partial charge on any atom is 0.236 e. The molecule has 0 atom stereocenters. The van der Waals surface area contributed by atoms with Crippen molar-refractivity contribution in [3.8, 4) is 11.5 Å². The minimum Gasteiger partial charge on any atom is -0.497 e. The SMILES string of the molecule is COc1cccc(OCc2nnc(SCC(=O)Nc3nc4ccc(F)cc4s3)n2N)c1. The van der Waals surface area contributed by atoms with Crippen LogP contribution in [-0.2, 0) is 11.4 Å². The van der Waals surface area contributed by atoms with Crippen molar-refractivity contribution in [3.63, 3.8) is 0 Å². The summed E-state index contributed by atoms with van der Waals surface area (Å²) >= 11 is 2.33. The Balaban J connectivity index is 1.32. The fourth-order valence-corrected chi connectivity index (χ4v) is 4.16. The second-order valence-electron chi connectivity index (χ2n) is 6.20. The predicted molar refractivity (Wildman–Crippen MR) is 116 cm³/mol. The van der Waals surface area contributed by atoms with Crippen LogP contribution in [-0.4, -0.2) is 38.6 Å². The Morgan fingerprint density at radius 1 is 1.26 bits per heavy atom. The largest absolute Gasteiger partial charge is 0.497 e. The topological polar surface area (TPSA) is 117 Å². The standard InChI is InChI=1S/C19H17FN6O3S2/c1-28-12-3-2-4-13(8-12)29-9-16-24-25-19(26(16)21)30-10-17(27)23-18-22-14-6-5-11(20)7-15(14)31-18/h2-8H,9-10,21H2,1H3,(H,22,23,27). The number of rotatable bonds is 8. The third-order valence-electron chi connectivity index (χ3n) is 4.07. The van der Waals surface area contributed by atoms with Crippen LogP contribution in [0.3, 0.4) is 0 Å². The van der Waals surface area contributed by atoms with Crippen molar-refractivity contribution in [2.24, 2.45) is 0 Å². The van der Waals surface area contributed by atoms with E-state index in [9.17, 15) is 9.18 Å². The van der Waals surface area contributed by atoms with Gasteiger partial charge in [0.15, 0.2) is 11.0 Å². The average molecular weight is 461 g/mol. The number of nitrogens with zero attached hydrogens (tertiary/aromatic N) is 4. The van der Waals surface area contributed by atoms with Crippen molar-refractivity contribution in [2.75, 3.05) is 24.0 Å². The molecule has 0 aliphatic carbocycles. The van der Waals surface area contributed by atoms with Gasteiger partial charge in [0.1, 0.15) is 23.9 Å². The number of carbonyl (C=O) groups is 1. The van der Waals surface area contributed by atoms with Crippen LogP contribution < -0.4 is 20.6 Å². The van der Waals surface area contributed by atoms with Crippen molar-refractivity contribution < 1.29 is 18.7 Å². The summed E-state index contributed by atoms with van der Waals surface area (Å²) in [5.74, 6) is 7.11. The van der Waals surface area contributed by atoms with E-state index in [1.165, 1.54) is 28.1 Å². The molecule has 4 aromatic rings. The lowest BCUT2D eigenvalue weighted by molar-refractivity contribution is -0.113. The number of thiazole rings is 1. The number of thioether (sulfide) groups is 1. The van der Waals surface area contributed by atoms with Gasteiger partial charge in [-0.05, 0) is 30.3 Å². The number of hydrogen-bond acceptors (Lipinski definition) is 9. The fraction of sp³-hybridized carbons (Fsp3) is 0.158. The smallest absolute Gasteiger partial charge is 0.236 e. The van der Waals surface area contributed by atoms with Gasteiger partial charge in [0.25, 0.3) is 0 Å². The zero-order chi connectivity index (χ0) is 21.8. The molecule has 0 aliphatic rings. The first-order valence-corrected chi connectivity index (χ1v) is 10.8. The van der Waals surface area contributed by atoms with E-state index >= 15 is 0 Å². The Kier molecular flexibility index (Phi) is 6.18. The number of halogens is 1. The second-order valence-corrected chi connectivity index (χ2v) is 8.18. The quantitative estimate of drug-likeness (QED) is 0.304. The third kappa shape index (κ3) is 5.03. The highest BCUT2D eigenvalue weighted by Gasteiger charge is 2.14. The second kappa shape index (κ2) is 9.18. The van der Waals surface area contributed by atoms with Crippen LogP contribution in [0, 0.1) is 5.82 Å². The first kappa shape index (κ1) is 20.9. The highest BCUT2D eigenvalue weighted by atomic mass is 32.2. The summed E-state index contributed by atoms with van der Waals surface area (Å²) < 4.78 is 26.0. The summed E-state index contributed by atoms with van der Waals surface area (Å²) in [6.45, 7) is 0.103. The zero-order valence-electron chi connectivity index (χ0n) is 16.2. The van der Waals surface area contributed by atoms with Crippen LogP contribution in [0.2, 0.25) is 0 Å². The minimum absolute atomic E-state index is 0.0519. The minimum atomic E-state index is -0.349. The number of carbonyl (C=O) groups excluding carboxylic acids is 1. The van der Waals surface area contributed by atoms with Crippen molar-refractivity contribution in [3.05, 3.63) is 54.1 Å². The number of nitrogens with one attached hydrogen (secondary N) is 1. The number of amides is 1. The van der Waals surface area contributed by atoms with E-state index < -0.39 is 0 Å². The molecular weight excluding hydrogens is 443 g/mol. The van der Waals surface area contributed by atoms with E-state index in [-0.39, 0.29) is 24.1 Å². The highest BCUT2D eigenvalue weighted by molar-refractivity contribution is 7.99. The van der Waals surface area contributed by atoms with Crippen molar-refractivity contribution in [1.29, 1.82) is 0 Å². The fourth-order valence-electron chi connectivity index (χ4n) is 2.58. The van der Waals surface area contributed by atoms with Gasteiger partial charge in [-0.15, -0.1) is 10.2 Å². The number of anilines is 1. The van der Waals surface area contributed by atoms with Crippen LogP contribution in [0.5, 0.6) is 11.5 Å². The molecule has 0 fully saturated rings. The summed E-state index contributed by atoms with van der Waals surface area (Å²) in [7, 11) is 1.58. The Morgan fingerprint density at radius 3 is 2.94 bits per heavy atom. The van der Waals surface area contributed by atoms with Crippen LogP contribution >= 0.6 is 23.1 Å². The van der Waals surface area contributed by atoms with Gasteiger partial charge >= 0.3 is 0 Å². The molecule has 0 saturated heterocycles. The van der Waals surface area contributed by atoms with E-state index in [2.05, 4.69) is 20.5 Å². The van der Waals surface area contributed by atoms with Gasteiger partial charge in [0.2, 0.25) is 11.1 Å². The molecule has 0 radical (unpaired) electrons. The molecule has 12 heteroatoms. The lowest BCUT2D eigenvalue weighted by atomic mass is 10.3. The maximum atomic E-state index is 13.3. The molecule has 3 N–H and O–H groups in total. The normalized spacial score (nSPS) is 10.9. The van der Waals surface area contributed by atoms with Gasteiger partial charge < -0.3 is 20.6 Å². The molecule has 0 saturated carbocycles. The van der Waals surface area contributed by atoms with E-state index in [0.29, 0.717) is 37.8 Å². The lowest BCUT2D eigenvalue weighted by Gasteiger charge is -2.07. The van der Waals surface area contributed by atoms with E-state index in [1.54, 1.807) is 25.3 Å². The Morgan fingerprint density at radius 2 is 2.10 bits per heavy atom. The van der Waals surface area contributed by atoms with Gasteiger partial charge in [0.05, 0.1) is 23.1 Å². The molecule has 31 heavy (non-hydrogen) atoms. The first-order valence-electron chi connectivity index (χ1n) is 8.97.